The van der Waals surface area contributed by atoms with Gasteiger partial charge in [0, 0.05) is 26.4 Å². The first-order valence-electron chi connectivity index (χ1n) is 6.05. The number of ether oxygens (including phenoxy) is 2. The Bertz CT molecular complexity index is 467. The molecule has 0 saturated carbocycles. The lowest BCUT2D eigenvalue weighted by molar-refractivity contribution is -0.140. The SMILES string of the molecule is COCCN(CCC(=O)OC)C(=O)c1cccnc1Br. The van der Waals surface area contributed by atoms with Crippen molar-refractivity contribution in [2.45, 2.75) is 6.42 Å². The summed E-state index contributed by atoms with van der Waals surface area (Å²) in [5.74, 6) is -0.559. The Labute approximate surface area is 126 Å². The van der Waals surface area contributed by atoms with Crippen LogP contribution in [0.1, 0.15) is 16.8 Å². The highest BCUT2D eigenvalue weighted by molar-refractivity contribution is 9.10. The molecule has 7 heteroatoms. The predicted molar refractivity (Wildman–Crippen MR) is 76.3 cm³/mol. The molecule has 0 saturated heterocycles. The van der Waals surface area contributed by atoms with Crippen molar-refractivity contribution in [1.29, 1.82) is 0 Å². The number of hydrogen-bond acceptors (Lipinski definition) is 5. The third kappa shape index (κ3) is 4.90. The second-order valence-electron chi connectivity index (χ2n) is 3.95. The standard InChI is InChI=1S/C13H17BrN2O4/c1-19-9-8-16(7-5-11(17)20-2)13(18)10-4-3-6-15-12(10)14/h3-4,6H,5,7-9H2,1-2H3. The number of pyridine rings is 1. The fourth-order valence-corrected chi connectivity index (χ4v) is 1.98. The Hall–Kier alpha value is -1.47. The molecule has 110 valence electrons. The minimum Gasteiger partial charge on any atom is -0.469 e. The number of aromatic nitrogens is 1. The average molecular weight is 345 g/mol. The largest absolute Gasteiger partial charge is 0.469 e. The minimum absolute atomic E-state index is 0.143. The van der Waals surface area contributed by atoms with Crippen LogP contribution in [-0.2, 0) is 14.3 Å². The summed E-state index contributed by atoms with van der Waals surface area (Å²) in [6.07, 6.45) is 1.73. The first-order chi connectivity index (χ1) is 9.60. The zero-order valence-electron chi connectivity index (χ0n) is 11.5. The zero-order chi connectivity index (χ0) is 15.0. The Morgan fingerprint density at radius 1 is 1.35 bits per heavy atom. The highest BCUT2D eigenvalue weighted by Crippen LogP contribution is 2.15. The van der Waals surface area contributed by atoms with Gasteiger partial charge in [0.1, 0.15) is 4.60 Å². The van der Waals surface area contributed by atoms with Crippen molar-refractivity contribution in [3.8, 4) is 0 Å². The first kappa shape index (κ1) is 16.6. The van der Waals surface area contributed by atoms with Crippen LogP contribution >= 0.6 is 15.9 Å². The molecule has 0 unspecified atom stereocenters. The smallest absolute Gasteiger partial charge is 0.307 e. The summed E-state index contributed by atoms with van der Waals surface area (Å²) in [4.78, 5) is 29.2. The van der Waals surface area contributed by atoms with Crippen LogP contribution in [0.25, 0.3) is 0 Å². The maximum atomic E-state index is 12.4. The van der Waals surface area contributed by atoms with Crippen LogP contribution in [0.5, 0.6) is 0 Å². The van der Waals surface area contributed by atoms with Gasteiger partial charge in [-0.2, -0.15) is 0 Å². The molecular weight excluding hydrogens is 328 g/mol. The Morgan fingerprint density at radius 2 is 2.10 bits per heavy atom. The van der Waals surface area contributed by atoms with E-state index in [1.807, 2.05) is 0 Å². The van der Waals surface area contributed by atoms with Gasteiger partial charge >= 0.3 is 5.97 Å². The number of carbonyl (C=O) groups is 2. The van der Waals surface area contributed by atoms with Crippen molar-refractivity contribution < 1.29 is 19.1 Å². The third-order valence-corrected chi connectivity index (χ3v) is 3.29. The van der Waals surface area contributed by atoms with Crippen LogP contribution in [0.4, 0.5) is 0 Å². The van der Waals surface area contributed by atoms with E-state index in [1.54, 1.807) is 30.3 Å². The maximum Gasteiger partial charge on any atom is 0.307 e. The van der Waals surface area contributed by atoms with Crippen molar-refractivity contribution in [2.24, 2.45) is 0 Å². The molecule has 1 rings (SSSR count). The van der Waals surface area contributed by atoms with E-state index in [0.717, 1.165) is 0 Å². The summed E-state index contributed by atoms with van der Waals surface area (Å²) in [6.45, 7) is 1.06. The lowest BCUT2D eigenvalue weighted by atomic mass is 10.2. The van der Waals surface area contributed by atoms with E-state index >= 15 is 0 Å². The van der Waals surface area contributed by atoms with Crippen LogP contribution in [0.2, 0.25) is 0 Å². The van der Waals surface area contributed by atoms with Gasteiger partial charge in [-0.1, -0.05) is 0 Å². The molecule has 0 fully saturated rings. The van der Waals surface area contributed by atoms with Crippen molar-refractivity contribution in [3.63, 3.8) is 0 Å². The van der Waals surface area contributed by atoms with E-state index < -0.39 is 0 Å². The van der Waals surface area contributed by atoms with Crippen LogP contribution in [-0.4, -0.2) is 55.7 Å². The van der Waals surface area contributed by atoms with Gasteiger partial charge in [-0.3, -0.25) is 9.59 Å². The molecule has 1 heterocycles. The fraction of sp³-hybridized carbons (Fsp3) is 0.462. The third-order valence-electron chi connectivity index (χ3n) is 2.66. The minimum atomic E-state index is -0.356. The van der Waals surface area contributed by atoms with Gasteiger partial charge in [-0.05, 0) is 28.1 Å². The fourth-order valence-electron chi connectivity index (χ4n) is 1.56. The van der Waals surface area contributed by atoms with Gasteiger partial charge in [0.2, 0.25) is 0 Å². The molecule has 1 amide bonds. The number of methoxy groups -OCH3 is 2. The second-order valence-corrected chi connectivity index (χ2v) is 4.70. The van der Waals surface area contributed by atoms with Crippen molar-refractivity contribution in [2.75, 3.05) is 33.9 Å². The molecule has 0 radical (unpaired) electrons. The molecular formula is C13H17BrN2O4. The predicted octanol–water partition coefficient (Wildman–Crippen LogP) is 1.50. The molecule has 1 aromatic rings. The normalized spacial score (nSPS) is 10.2. The van der Waals surface area contributed by atoms with Crippen molar-refractivity contribution in [1.82, 2.24) is 9.88 Å². The highest BCUT2D eigenvalue weighted by atomic mass is 79.9. The second kappa shape index (κ2) is 8.65. The summed E-state index contributed by atoms with van der Waals surface area (Å²) >= 11 is 3.25. The number of nitrogens with zero attached hydrogens (tertiary/aromatic N) is 2. The monoisotopic (exact) mass is 344 g/mol. The molecule has 0 N–H and O–H groups in total. The van der Waals surface area contributed by atoms with Gasteiger partial charge < -0.3 is 14.4 Å². The van der Waals surface area contributed by atoms with Gasteiger partial charge in [0.15, 0.2) is 0 Å². The lowest BCUT2D eigenvalue weighted by Gasteiger charge is -2.22. The quantitative estimate of drug-likeness (QED) is 0.553. The van der Waals surface area contributed by atoms with Gasteiger partial charge in [0.25, 0.3) is 5.91 Å². The van der Waals surface area contributed by atoms with E-state index in [0.29, 0.717) is 23.3 Å². The number of hydrogen-bond donors (Lipinski definition) is 0. The summed E-state index contributed by atoms with van der Waals surface area (Å²) in [5, 5.41) is 0. The number of rotatable bonds is 7. The molecule has 0 aromatic carbocycles. The van der Waals surface area contributed by atoms with Crippen LogP contribution < -0.4 is 0 Å². The number of esters is 1. The molecule has 0 bridgehead atoms. The van der Waals surface area contributed by atoms with E-state index in [4.69, 9.17) is 4.74 Å². The Kier molecular flexibility index (Phi) is 7.17. The van der Waals surface area contributed by atoms with E-state index in [1.165, 1.54) is 7.11 Å². The first-order valence-corrected chi connectivity index (χ1v) is 6.85. The van der Waals surface area contributed by atoms with Crippen molar-refractivity contribution in [3.05, 3.63) is 28.5 Å². The van der Waals surface area contributed by atoms with E-state index in [2.05, 4.69) is 25.7 Å². The number of carbonyl (C=O) groups excluding carboxylic acids is 2. The Morgan fingerprint density at radius 3 is 2.70 bits per heavy atom. The molecule has 20 heavy (non-hydrogen) atoms. The maximum absolute atomic E-state index is 12.4. The average Bonchev–Trinajstić information content (AvgIpc) is 2.47. The summed E-state index contributed by atoms with van der Waals surface area (Å²) in [5.41, 5.74) is 0.452. The summed E-state index contributed by atoms with van der Waals surface area (Å²) in [7, 11) is 2.88. The highest BCUT2D eigenvalue weighted by Gasteiger charge is 2.19. The molecule has 0 spiro atoms. The lowest BCUT2D eigenvalue weighted by Crippen LogP contribution is -2.36. The molecule has 0 aliphatic heterocycles. The number of amides is 1. The van der Waals surface area contributed by atoms with Crippen LogP contribution in [0.15, 0.2) is 22.9 Å². The summed E-state index contributed by atoms with van der Waals surface area (Å²) in [6, 6.07) is 3.37. The molecule has 0 aliphatic rings. The molecule has 0 atom stereocenters. The van der Waals surface area contributed by atoms with Crippen LogP contribution in [0, 0.1) is 0 Å². The summed E-state index contributed by atoms with van der Waals surface area (Å²) < 4.78 is 10.0. The topological polar surface area (TPSA) is 68.7 Å². The zero-order valence-corrected chi connectivity index (χ0v) is 13.1. The van der Waals surface area contributed by atoms with Gasteiger partial charge in [-0.15, -0.1) is 0 Å². The molecule has 6 nitrogen and oxygen atoms in total. The molecule has 0 aliphatic carbocycles. The van der Waals surface area contributed by atoms with Gasteiger partial charge in [0.05, 0.1) is 25.7 Å². The van der Waals surface area contributed by atoms with Crippen molar-refractivity contribution >= 4 is 27.8 Å². The number of halogens is 1. The van der Waals surface area contributed by atoms with E-state index in [9.17, 15) is 9.59 Å². The van der Waals surface area contributed by atoms with Crippen LogP contribution in [0.3, 0.4) is 0 Å². The Balaban J connectivity index is 2.78. The molecule has 1 aromatic heterocycles. The van der Waals surface area contributed by atoms with Gasteiger partial charge in [-0.25, -0.2) is 4.98 Å². The van der Waals surface area contributed by atoms with E-state index in [-0.39, 0.29) is 24.8 Å².